The highest BCUT2D eigenvalue weighted by Crippen LogP contribution is 2.60. The Labute approximate surface area is 304 Å². The quantitative estimate of drug-likeness (QED) is 0.0653. The van der Waals surface area contributed by atoms with Crippen LogP contribution in [0.3, 0.4) is 0 Å². The first-order valence-corrected chi connectivity index (χ1v) is 19.5. The maximum atomic E-state index is 13.6. The summed E-state index contributed by atoms with van der Waals surface area (Å²) in [7, 11) is -3.96. The topological polar surface area (TPSA) is 111 Å². The molecule has 1 N–H and O–H groups in total. The van der Waals surface area contributed by atoms with Gasteiger partial charge in [0.25, 0.3) is 0 Å². The zero-order chi connectivity index (χ0) is 36.5. The Hall–Kier alpha value is -2.76. The first kappa shape index (κ1) is 41.0. The van der Waals surface area contributed by atoms with Gasteiger partial charge in [-0.25, -0.2) is 0 Å². The first-order valence-electron chi connectivity index (χ1n) is 18.0. The molecule has 0 amide bonds. The molecule has 11 heteroatoms. The molecule has 5 atom stereocenters. The second-order valence-electron chi connectivity index (χ2n) is 13.6. The van der Waals surface area contributed by atoms with Crippen LogP contribution in [0.5, 0.6) is 0 Å². The molecule has 3 unspecified atom stereocenters. The lowest BCUT2D eigenvalue weighted by molar-refractivity contribution is -0.308. The summed E-state index contributed by atoms with van der Waals surface area (Å²) in [5.74, 6) is -0.501. The Kier molecular flexibility index (Phi) is 16.9. The highest BCUT2D eigenvalue weighted by Gasteiger charge is 2.58. The van der Waals surface area contributed by atoms with Crippen molar-refractivity contribution >= 4 is 14.1 Å². The summed E-state index contributed by atoms with van der Waals surface area (Å²) in [6.07, 6.45) is -1.93. The molecular formula is C40H56O10P+. The van der Waals surface area contributed by atoms with Crippen molar-refractivity contribution in [3.63, 3.8) is 0 Å². The Morgan fingerprint density at radius 3 is 1.65 bits per heavy atom. The minimum atomic E-state index is -3.96. The zero-order valence-corrected chi connectivity index (χ0v) is 31.6. The van der Waals surface area contributed by atoms with Crippen molar-refractivity contribution in [2.45, 2.75) is 111 Å². The Morgan fingerprint density at radius 1 is 0.706 bits per heavy atom. The molecule has 0 aromatic heterocycles. The van der Waals surface area contributed by atoms with Gasteiger partial charge in [0, 0.05) is 0 Å². The fourth-order valence-corrected chi connectivity index (χ4v) is 6.54. The van der Waals surface area contributed by atoms with E-state index < -0.39 is 50.3 Å². The Bertz CT molecular complexity index is 1380. The van der Waals surface area contributed by atoms with Gasteiger partial charge in [0.05, 0.1) is 31.8 Å². The molecule has 1 aliphatic rings. The predicted octanol–water partition coefficient (Wildman–Crippen LogP) is 8.38. The molecule has 3 aromatic carbocycles. The second kappa shape index (κ2) is 21.1. The molecule has 1 fully saturated rings. The van der Waals surface area contributed by atoms with Crippen LogP contribution < -0.4 is 0 Å². The van der Waals surface area contributed by atoms with Gasteiger partial charge in [0.2, 0.25) is 6.29 Å². The van der Waals surface area contributed by atoms with Crippen LogP contribution in [0.25, 0.3) is 0 Å². The highest BCUT2D eigenvalue weighted by atomic mass is 31.2. The molecule has 0 saturated carbocycles. The van der Waals surface area contributed by atoms with Gasteiger partial charge in [-0.3, -0.25) is 4.79 Å². The van der Waals surface area contributed by atoms with E-state index in [1.54, 1.807) is 20.8 Å². The number of hydrogen-bond donors (Lipinski definition) is 1. The molecule has 0 spiro atoms. The van der Waals surface area contributed by atoms with Gasteiger partial charge >= 0.3 is 14.1 Å². The van der Waals surface area contributed by atoms with Gasteiger partial charge in [-0.2, -0.15) is 13.9 Å². The van der Waals surface area contributed by atoms with Gasteiger partial charge in [-0.1, -0.05) is 118 Å². The fraction of sp³-hybridized carbons (Fsp3) is 0.525. The van der Waals surface area contributed by atoms with E-state index in [0.29, 0.717) is 19.4 Å². The molecule has 10 nitrogen and oxygen atoms in total. The second-order valence-corrected chi connectivity index (χ2v) is 15.3. The van der Waals surface area contributed by atoms with E-state index in [1.807, 2.05) is 105 Å². The lowest BCUT2D eigenvalue weighted by atomic mass is 9.95. The normalized spacial score (nSPS) is 21.0. The Balaban J connectivity index is 1.73. The van der Waals surface area contributed by atoms with Gasteiger partial charge in [-0.15, -0.1) is 4.52 Å². The van der Waals surface area contributed by atoms with E-state index in [9.17, 15) is 9.69 Å². The molecule has 1 aliphatic heterocycles. The summed E-state index contributed by atoms with van der Waals surface area (Å²) >= 11 is 0. The monoisotopic (exact) mass is 727 g/mol. The standard InChI is InChI=1S/C40H56O10P/c1-6-8-25-46-51(42,47-26-9-7-2)50-38-37(49-39(41)40(3,4)5)36(45-29-33-23-17-12-18-24-33)35(44-28-32-21-15-11-16-22-32)34(48-38)30-43-27-31-19-13-10-14-20-31/h10-24,34-38,42H,6-9,25-30H2,1-5H3/q+1/t34?,35-,36?,37+,38?/m0/s1. The summed E-state index contributed by atoms with van der Waals surface area (Å²) in [6.45, 7) is 10.6. The van der Waals surface area contributed by atoms with Gasteiger partial charge < -0.3 is 23.7 Å². The molecule has 4 rings (SSSR count). The van der Waals surface area contributed by atoms with Gasteiger partial charge in [-0.05, 0) is 50.3 Å². The van der Waals surface area contributed by atoms with Crippen molar-refractivity contribution in [1.29, 1.82) is 0 Å². The smallest absolute Gasteiger partial charge is 0.453 e. The van der Waals surface area contributed by atoms with Crippen LogP contribution in [0, 0.1) is 5.41 Å². The molecule has 0 radical (unpaired) electrons. The van der Waals surface area contributed by atoms with E-state index in [0.717, 1.165) is 29.5 Å². The highest BCUT2D eigenvalue weighted by molar-refractivity contribution is 7.55. The molecule has 51 heavy (non-hydrogen) atoms. The minimum Gasteiger partial charge on any atom is -0.453 e. The lowest BCUT2D eigenvalue weighted by Crippen LogP contribution is -2.62. The zero-order valence-electron chi connectivity index (χ0n) is 30.7. The molecular weight excluding hydrogens is 671 g/mol. The molecule has 280 valence electrons. The van der Waals surface area contributed by atoms with Crippen molar-refractivity contribution < 1.29 is 46.9 Å². The summed E-state index contributed by atoms with van der Waals surface area (Å²) in [6, 6.07) is 29.3. The van der Waals surface area contributed by atoms with Crippen molar-refractivity contribution in [2.75, 3.05) is 19.8 Å². The van der Waals surface area contributed by atoms with Crippen molar-refractivity contribution in [1.82, 2.24) is 0 Å². The van der Waals surface area contributed by atoms with Crippen LogP contribution in [-0.4, -0.2) is 61.4 Å². The SMILES string of the molecule is CCCCO[P+](O)(OCCCC)OC1OC(COCc2ccccc2)[C@H](OCc2ccccc2)C(OCc2ccccc2)[C@H]1OC(=O)C(C)(C)C. The number of rotatable bonds is 21. The number of carbonyl (C=O) groups is 1. The van der Waals surface area contributed by atoms with Crippen molar-refractivity contribution in [2.24, 2.45) is 5.41 Å². The third kappa shape index (κ3) is 13.6. The average molecular weight is 728 g/mol. The number of unbranched alkanes of at least 4 members (excludes halogenated alkanes) is 2. The van der Waals surface area contributed by atoms with E-state index >= 15 is 0 Å². The largest absolute Gasteiger partial charge is 0.575 e. The van der Waals surface area contributed by atoms with Crippen LogP contribution in [-0.2, 0) is 61.9 Å². The molecule has 0 bridgehead atoms. The maximum Gasteiger partial charge on any atom is 0.575 e. The minimum absolute atomic E-state index is 0.0869. The fourth-order valence-electron chi connectivity index (χ4n) is 5.19. The predicted molar refractivity (Wildman–Crippen MR) is 196 cm³/mol. The average Bonchev–Trinajstić information content (AvgIpc) is 3.12. The summed E-state index contributed by atoms with van der Waals surface area (Å²) in [4.78, 5) is 25.4. The van der Waals surface area contributed by atoms with Crippen molar-refractivity contribution in [3.8, 4) is 0 Å². The number of esters is 1. The number of hydrogen-bond acceptors (Lipinski definition) is 10. The summed E-state index contributed by atoms with van der Waals surface area (Å²) in [5, 5.41) is 0. The van der Waals surface area contributed by atoms with E-state index in [-0.39, 0.29) is 33.0 Å². The third-order valence-electron chi connectivity index (χ3n) is 8.15. The number of carbonyl (C=O) groups excluding carboxylic acids is 1. The van der Waals surface area contributed by atoms with Crippen LogP contribution in [0.15, 0.2) is 91.0 Å². The van der Waals surface area contributed by atoms with Gasteiger partial charge in [0.15, 0.2) is 6.10 Å². The molecule has 3 aromatic rings. The first-order chi connectivity index (χ1) is 24.6. The lowest BCUT2D eigenvalue weighted by Gasteiger charge is -2.45. The van der Waals surface area contributed by atoms with Crippen molar-refractivity contribution in [3.05, 3.63) is 108 Å². The molecule has 0 aliphatic carbocycles. The maximum absolute atomic E-state index is 13.6. The van der Waals surface area contributed by atoms with E-state index in [1.165, 1.54) is 0 Å². The van der Waals surface area contributed by atoms with Crippen LogP contribution in [0.4, 0.5) is 0 Å². The third-order valence-corrected chi connectivity index (χ3v) is 9.64. The summed E-state index contributed by atoms with van der Waals surface area (Å²) in [5.41, 5.74) is 1.98. The van der Waals surface area contributed by atoms with E-state index in [2.05, 4.69) is 0 Å². The van der Waals surface area contributed by atoms with Gasteiger partial charge in [0.1, 0.15) is 31.5 Å². The number of benzene rings is 3. The molecule has 1 heterocycles. The molecule has 1 saturated heterocycles. The number of ether oxygens (including phenoxy) is 5. The van der Waals surface area contributed by atoms with Crippen LogP contribution >= 0.6 is 8.17 Å². The Morgan fingerprint density at radius 2 is 1.18 bits per heavy atom. The van der Waals surface area contributed by atoms with Crippen LogP contribution in [0.1, 0.15) is 77.0 Å². The summed E-state index contributed by atoms with van der Waals surface area (Å²) < 4.78 is 50.5. The van der Waals surface area contributed by atoms with E-state index in [4.69, 9.17) is 37.3 Å². The van der Waals surface area contributed by atoms with Crippen LogP contribution in [0.2, 0.25) is 0 Å².